The summed E-state index contributed by atoms with van der Waals surface area (Å²) in [4.78, 5) is 78.2. The maximum atomic E-state index is 14.8. The topological polar surface area (TPSA) is 317 Å². The Bertz CT molecular complexity index is 1780. The predicted molar refractivity (Wildman–Crippen MR) is 216 cm³/mol. The number of nitrogens with one attached hydrogen (secondary N) is 2. The van der Waals surface area contributed by atoms with Gasteiger partial charge >= 0.3 is 5.97 Å². The lowest BCUT2D eigenvalue weighted by molar-refractivity contribution is -0.153. The number of amides is 4. The molecule has 0 saturated carbocycles. The average Bonchev–Trinajstić information content (AvgIpc) is 3.19. The molecule has 0 aromatic heterocycles. The zero-order valence-corrected chi connectivity index (χ0v) is 32.4. The molecule has 2 aliphatic heterocycles. The Labute approximate surface area is 332 Å². The largest absolute Gasteiger partial charge is 0.480 e. The van der Waals surface area contributed by atoms with Crippen molar-refractivity contribution in [1.29, 1.82) is 0 Å². The van der Waals surface area contributed by atoms with Gasteiger partial charge in [-0.2, -0.15) is 0 Å². The van der Waals surface area contributed by atoms with Gasteiger partial charge in [0.25, 0.3) is 0 Å². The second-order valence-corrected chi connectivity index (χ2v) is 14.6. The van der Waals surface area contributed by atoms with Gasteiger partial charge in [-0.15, -0.1) is 0 Å². The molecule has 2 aromatic rings. The number of rotatable bonds is 20. The highest BCUT2D eigenvalue weighted by atomic mass is 16.4. The van der Waals surface area contributed by atoms with Crippen LogP contribution in [0, 0.1) is 0 Å². The molecule has 4 amide bonds. The Morgan fingerprint density at radius 1 is 0.684 bits per heavy atom. The van der Waals surface area contributed by atoms with Crippen molar-refractivity contribution in [3.8, 4) is 0 Å². The van der Waals surface area contributed by atoms with Gasteiger partial charge in [0.2, 0.25) is 23.6 Å². The van der Waals surface area contributed by atoms with Crippen molar-refractivity contribution in [2.75, 3.05) is 19.6 Å². The van der Waals surface area contributed by atoms with E-state index in [1.54, 1.807) is 0 Å². The van der Waals surface area contributed by atoms with Gasteiger partial charge in [-0.25, -0.2) is 4.79 Å². The number of carboxylic acid groups (broad SMARTS) is 1. The van der Waals surface area contributed by atoms with Crippen LogP contribution < -0.4 is 45.0 Å². The van der Waals surface area contributed by atoms with Crippen LogP contribution in [-0.2, 0) is 49.9 Å². The number of guanidine groups is 2. The fraction of sp³-hybridized carbons (Fsp3) is 0.513. The number of carbonyl (C=O) groups is 5. The number of benzene rings is 2. The van der Waals surface area contributed by atoms with Crippen molar-refractivity contribution in [1.82, 2.24) is 20.4 Å². The Morgan fingerprint density at radius 3 is 1.81 bits per heavy atom. The summed E-state index contributed by atoms with van der Waals surface area (Å²) in [5.41, 5.74) is 37.5. The molecule has 0 radical (unpaired) electrons. The minimum Gasteiger partial charge on any atom is -0.480 e. The van der Waals surface area contributed by atoms with Crippen LogP contribution in [-0.4, -0.2) is 106 Å². The number of carboxylic acids is 1. The van der Waals surface area contributed by atoms with Crippen LogP contribution in [0.1, 0.15) is 73.6 Å². The lowest BCUT2D eigenvalue weighted by Gasteiger charge is -2.43. The first-order chi connectivity index (χ1) is 27.3. The molecule has 0 bridgehead atoms. The summed E-state index contributed by atoms with van der Waals surface area (Å²) in [5.74, 6) is -3.04. The van der Waals surface area contributed by atoms with E-state index in [0.717, 1.165) is 22.3 Å². The Balaban J connectivity index is 1.43. The van der Waals surface area contributed by atoms with Gasteiger partial charge in [-0.05, 0) is 73.6 Å². The van der Waals surface area contributed by atoms with Crippen LogP contribution in [0.15, 0.2) is 58.5 Å². The molecule has 0 aliphatic carbocycles. The minimum atomic E-state index is -1.24. The maximum absolute atomic E-state index is 14.8. The van der Waals surface area contributed by atoms with Crippen molar-refractivity contribution in [3.05, 3.63) is 70.8 Å². The lowest BCUT2D eigenvalue weighted by atomic mass is 9.89. The van der Waals surface area contributed by atoms with Crippen molar-refractivity contribution in [2.24, 2.45) is 44.4 Å². The molecular weight excluding hydrogens is 733 g/mol. The van der Waals surface area contributed by atoms with E-state index in [4.69, 9.17) is 34.4 Å². The van der Waals surface area contributed by atoms with Crippen molar-refractivity contribution >= 4 is 41.5 Å². The summed E-state index contributed by atoms with van der Waals surface area (Å²) in [7, 11) is 0. The summed E-state index contributed by atoms with van der Waals surface area (Å²) in [6.45, 7) is 1.26. The molecule has 0 fully saturated rings. The van der Waals surface area contributed by atoms with E-state index in [1.165, 1.54) is 9.80 Å². The highest BCUT2D eigenvalue weighted by molar-refractivity contribution is 5.95. The van der Waals surface area contributed by atoms with E-state index in [2.05, 4.69) is 20.6 Å². The number of nitrogens with zero attached hydrogens (tertiary/aromatic N) is 4. The van der Waals surface area contributed by atoms with Gasteiger partial charge in [0.1, 0.15) is 18.1 Å². The molecule has 0 spiro atoms. The standard InChI is InChI=1S/C39H58N12O6/c40-28(14-5-8-18-47-38(42)43)33(52)46-17-7-6-15-29(41)35(54)51-23-27-13-4-2-11-25(27)21-32(51)36(55)50-22-26-12-3-1-10-24(26)20-31(50)34(53)49-30(37(56)57)16-9-19-48-39(44)45/h1-4,10-13,28-32H,5-9,14-23,40-41H2,(H,46,52)(H,49,53)(H,56,57)(H4,42,43,47)(H4,44,45,48)/t28-,29-,30-,31-,32-/m0/s1. The first-order valence-corrected chi connectivity index (χ1v) is 19.4. The van der Waals surface area contributed by atoms with Crippen molar-refractivity contribution in [3.63, 3.8) is 0 Å². The molecule has 4 rings (SSSR count). The smallest absolute Gasteiger partial charge is 0.326 e. The summed E-state index contributed by atoms with van der Waals surface area (Å²) in [6.07, 6.45) is 4.04. The van der Waals surface area contributed by atoms with Crippen molar-refractivity contribution < 1.29 is 29.1 Å². The zero-order chi connectivity index (χ0) is 41.5. The number of hydrogen-bond donors (Lipinski definition) is 9. The second-order valence-electron chi connectivity index (χ2n) is 14.6. The van der Waals surface area contributed by atoms with Crippen LogP contribution in [0.5, 0.6) is 0 Å². The quantitative estimate of drug-likeness (QED) is 0.0439. The summed E-state index contributed by atoms with van der Waals surface area (Å²) in [5, 5.41) is 15.4. The van der Waals surface area contributed by atoms with Gasteiger partial charge in [0.15, 0.2) is 11.9 Å². The molecule has 15 N–H and O–H groups in total. The molecule has 0 saturated heterocycles. The monoisotopic (exact) mass is 790 g/mol. The van der Waals surface area contributed by atoms with Gasteiger partial charge < -0.3 is 59.9 Å². The maximum Gasteiger partial charge on any atom is 0.326 e. The summed E-state index contributed by atoms with van der Waals surface area (Å²) < 4.78 is 0. The van der Waals surface area contributed by atoms with E-state index in [9.17, 15) is 29.1 Å². The third-order valence-corrected chi connectivity index (χ3v) is 10.3. The number of unbranched alkanes of at least 4 members (excludes halogenated alkanes) is 2. The fourth-order valence-electron chi connectivity index (χ4n) is 7.17. The minimum absolute atomic E-state index is 0.0236. The number of carbonyl (C=O) groups excluding carboxylic acids is 4. The molecule has 310 valence electrons. The Hall–Kier alpha value is -5.75. The lowest BCUT2D eigenvalue weighted by Crippen LogP contribution is -2.62. The van der Waals surface area contributed by atoms with Crippen LogP contribution in [0.4, 0.5) is 0 Å². The van der Waals surface area contributed by atoms with Gasteiger partial charge in [-0.3, -0.25) is 29.2 Å². The van der Waals surface area contributed by atoms with Gasteiger partial charge in [0, 0.05) is 45.6 Å². The number of aliphatic carboxylic acids is 1. The molecule has 2 aromatic carbocycles. The molecule has 18 nitrogen and oxygen atoms in total. The van der Waals surface area contributed by atoms with Crippen LogP contribution in [0.25, 0.3) is 0 Å². The Kier molecular flexibility index (Phi) is 16.6. The number of aliphatic imine (C=N–C) groups is 2. The highest BCUT2D eigenvalue weighted by Crippen LogP contribution is 2.30. The summed E-state index contributed by atoms with van der Waals surface area (Å²) in [6, 6.07) is 10.2. The molecule has 0 unspecified atom stereocenters. The predicted octanol–water partition coefficient (Wildman–Crippen LogP) is -1.10. The Morgan fingerprint density at radius 2 is 1.21 bits per heavy atom. The van der Waals surface area contributed by atoms with E-state index in [-0.39, 0.29) is 56.7 Å². The SMILES string of the molecule is NC(N)=NCCCC[C@H](N)C(=O)NCCCC[C@H](N)C(=O)N1Cc2ccccc2C[C@H]1C(=O)N1Cc2ccccc2C[C@H]1C(=O)N[C@@H](CCCN=C(N)N)C(=O)O. The fourth-order valence-corrected chi connectivity index (χ4v) is 7.17. The van der Waals surface area contributed by atoms with E-state index in [1.807, 2.05) is 48.5 Å². The third-order valence-electron chi connectivity index (χ3n) is 10.3. The second kappa shape index (κ2) is 21.5. The zero-order valence-electron chi connectivity index (χ0n) is 32.4. The van der Waals surface area contributed by atoms with Gasteiger partial charge in [-0.1, -0.05) is 48.5 Å². The summed E-state index contributed by atoms with van der Waals surface area (Å²) >= 11 is 0. The van der Waals surface area contributed by atoms with E-state index >= 15 is 0 Å². The molecule has 2 aliphatic rings. The molecule has 18 heteroatoms. The average molecular weight is 791 g/mol. The van der Waals surface area contributed by atoms with Crippen LogP contribution in [0.2, 0.25) is 0 Å². The van der Waals surface area contributed by atoms with Crippen LogP contribution in [0.3, 0.4) is 0 Å². The third kappa shape index (κ3) is 12.9. The molecular formula is C39H58N12O6. The first-order valence-electron chi connectivity index (χ1n) is 19.4. The highest BCUT2D eigenvalue weighted by Gasteiger charge is 2.43. The van der Waals surface area contributed by atoms with Crippen molar-refractivity contribution in [2.45, 2.75) is 108 Å². The molecule has 2 heterocycles. The first kappa shape index (κ1) is 44.0. The van der Waals surface area contributed by atoms with Crippen LogP contribution >= 0.6 is 0 Å². The van der Waals surface area contributed by atoms with E-state index < -0.39 is 53.9 Å². The van der Waals surface area contributed by atoms with Gasteiger partial charge in [0.05, 0.1) is 12.1 Å². The number of nitrogens with two attached hydrogens (primary N) is 6. The van der Waals surface area contributed by atoms with E-state index in [0.29, 0.717) is 58.0 Å². The number of fused-ring (bicyclic) bond motifs is 2. The molecule has 57 heavy (non-hydrogen) atoms. The molecule has 5 atom stereocenters. The normalized spacial score (nSPS) is 17.5. The number of hydrogen-bond acceptors (Lipinski definition) is 9.